The number of ether oxygens (including phenoxy) is 2. The molecule has 0 aromatic heterocycles. The maximum atomic E-state index is 13.2. The summed E-state index contributed by atoms with van der Waals surface area (Å²) in [6.07, 6.45) is 1.09. The SMILES string of the molecule is COc1ccccc1[C@H]1OC(C)=CN(S(=O)(=O)c2ccc(C)cc2)[C@H]1C. The number of benzene rings is 2. The predicted octanol–water partition coefficient (Wildman–Crippen LogP) is 4.02. The fourth-order valence-electron chi connectivity index (χ4n) is 3.10. The van der Waals surface area contributed by atoms with E-state index < -0.39 is 22.2 Å². The highest BCUT2D eigenvalue weighted by molar-refractivity contribution is 7.89. The molecular weight excluding hydrogens is 350 g/mol. The van der Waals surface area contributed by atoms with Gasteiger partial charge in [-0.3, -0.25) is 4.31 Å². The summed E-state index contributed by atoms with van der Waals surface area (Å²) in [5.41, 5.74) is 1.83. The molecule has 2 aromatic carbocycles. The van der Waals surface area contributed by atoms with E-state index in [9.17, 15) is 8.42 Å². The van der Waals surface area contributed by atoms with E-state index in [0.717, 1.165) is 11.1 Å². The average molecular weight is 373 g/mol. The van der Waals surface area contributed by atoms with Crippen LogP contribution < -0.4 is 4.74 Å². The van der Waals surface area contributed by atoms with Crippen molar-refractivity contribution < 1.29 is 17.9 Å². The van der Waals surface area contributed by atoms with Crippen LogP contribution in [0.2, 0.25) is 0 Å². The third kappa shape index (κ3) is 3.29. The average Bonchev–Trinajstić information content (AvgIpc) is 2.63. The molecule has 0 radical (unpaired) electrons. The molecule has 1 aliphatic rings. The van der Waals surface area contributed by atoms with Gasteiger partial charge in [0.05, 0.1) is 24.2 Å². The van der Waals surface area contributed by atoms with Gasteiger partial charge in [0.25, 0.3) is 10.0 Å². The topological polar surface area (TPSA) is 55.8 Å². The standard InChI is InChI=1S/C20H23NO4S/c1-14-9-11-17(12-10-14)26(22,23)21-13-15(2)25-20(16(21)3)18-7-5-6-8-19(18)24-4/h5-13,16,20H,1-4H3/t16-,20-/m0/s1. The zero-order valence-corrected chi connectivity index (χ0v) is 16.2. The van der Waals surface area contributed by atoms with Gasteiger partial charge in [-0.2, -0.15) is 0 Å². The Morgan fingerprint density at radius 1 is 1.04 bits per heavy atom. The van der Waals surface area contributed by atoms with Crippen molar-refractivity contribution >= 4 is 10.0 Å². The molecule has 0 N–H and O–H groups in total. The van der Waals surface area contributed by atoms with Gasteiger partial charge in [0.1, 0.15) is 17.6 Å². The molecule has 3 rings (SSSR count). The fourth-order valence-corrected chi connectivity index (χ4v) is 4.66. The van der Waals surface area contributed by atoms with E-state index in [4.69, 9.17) is 9.47 Å². The zero-order chi connectivity index (χ0) is 18.9. The molecule has 138 valence electrons. The van der Waals surface area contributed by atoms with Crippen molar-refractivity contribution in [3.8, 4) is 5.75 Å². The van der Waals surface area contributed by atoms with Gasteiger partial charge in [-0.25, -0.2) is 8.42 Å². The second-order valence-corrected chi connectivity index (χ2v) is 8.25. The van der Waals surface area contributed by atoms with E-state index in [-0.39, 0.29) is 4.90 Å². The molecular formula is C20H23NO4S. The molecule has 0 fully saturated rings. The summed E-state index contributed by atoms with van der Waals surface area (Å²) in [6.45, 7) is 5.52. The Morgan fingerprint density at radius 3 is 2.35 bits per heavy atom. The van der Waals surface area contributed by atoms with Crippen LogP contribution in [0.5, 0.6) is 5.75 Å². The largest absolute Gasteiger partial charge is 0.496 e. The minimum Gasteiger partial charge on any atom is -0.496 e. The maximum absolute atomic E-state index is 13.2. The Labute approximate surface area is 154 Å². The molecule has 0 saturated carbocycles. The molecule has 26 heavy (non-hydrogen) atoms. The van der Waals surface area contributed by atoms with E-state index in [1.54, 1.807) is 44.5 Å². The first-order valence-electron chi connectivity index (χ1n) is 8.43. The maximum Gasteiger partial charge on any atom is 0.264 e. The lowest BCUT2D eigenvalue weighted by Crippen LogP contribution is -2.42. The number of aryl methyl sites for hydroxylation is 1. The highest BCUT2D eigenvalue weighted by Gasteiger charge is 2.37. The van der Waals surface area contributed by atoms with E-state index in [2.05, 4.69) is 0 Å². The van der Waals surface area contributed by atoms with Gasteiger partial charge >= 0.3 is 0 Å². The van der Waals surface area contributed by atoms with Gasteiger partial charge in [-0.15, -0.1) is 0 Å². The van der Waals surface area contributed by atoms with Crippen LogP contribution in [0.15, 0.2) is 65.4 Å². The lowest BCUT2D eigenvalue weighted by atomic mass is 10.0. The molecule has 0 bridgehead atoms. The highest BCUT2D eigenvalue weighted by atomic mass is 32.2. The van der Waals surface area contributed by atoms with E-state index in [0.29, 0.717) is 11.5 Å². The third-order valence-electron chi connectivity index (χ3n) is 4.50. The molecule has 0 saturated heterocycles. The van der Waals surface area contributed by atoms with Crippen LogP contribution in [0.3, 0.4) is 0 Å². The summed E-state index contributed by atoms with van der Waals surface area (Å²) in [7, 11) is -2.09. The van der Waals surface area contributed by atoms with Crippen molar-refractivity contribution in [3.63, 3.8) is 0 Å². The first kappa shape index (κ1) is 18.3. The van der Waals surface area contributed by atoms with Crippen molar-refractivity contribution in [1.29, 1.82) is 0 Å². The van der Waals surface area contributed by atoms with E-state index >= 15 is 0 Å². The first-order valence-corrected chi connectivity index (χ1v) is 9.87. The van der Waals surface area contributed by atoms with Crippen LogP contribution in [-0.4, -0.2) is 25.9 Å². The van der Waals surface area contributed by atoms with Gasteiger partial charge in [-0.05, 0) is 39.0 Å². The fraction of sp³-hybridized carbons (Fsp3) is 0.300. The summed E-state index contributed by atoms with van der Waals surface area (Å²) in [4.78, 5) is 0.264. The summed E-state index contributed by atoms with van der Waals surface area (Å²) in [5.74, 6) is 1.21. The Morgan fingerprint density at radius 2 is 1.69 bits per heavy atom. The second kappa shape index (κ2) is 7.03. The Bertz CT molecular complexity index is 919. The lowest BCUT2D eigenvalue weighted by molar-refractivity contribution is 0.0437. The molecule has 0 amide bonds. The Balaban J connectivity index is 2.03. The molecule has 2 atom stereocenters. The molecule has 0 unspecified atom stereocenters. The van der Waals surface area contributed by atoms with Crippen molar-refractivity contribution in [2.45, 2.75) is 37.8 Å². The van der Waals surface area contributed by atoms with E-state index in [1.807, 2.05) is 38.1 Å². The quantitative estimate of drug-likeness (QED) is 0.812. The van der Waals surface area contributed by atoms with Crippen molar-refractivity contribution in [2.75, 3.05) is 7.11 Å². The van der Waals surface area contributed by atoms with Gasteiger partial charge in [0.2, 0.25) is 0 Å². The predicted molar refractivity (Wildman–Crippen MR) is 100 cm³/mol. The highest BCUT2D eigenvalue weighted by Crippen LogP contribution is 2.38. The Hall–Kier alpha value is -2.47. The first-order chi connectivity index (χ1) is 12.3. The molecule has 1 heterocycles. The van der Waals surface area contributed by atoms with Crippen LogP contribution in [0.1, 0.15) is 31.1 Å². The summed E-state index contributed by atoms with van der Waals surface area (Å²) in [5, 5.41) is 0. The monoisotopic (exact) mass is 373 g/mol. The molecule has 0 spiro atoms. The second-order valence-electron chi connectivity index (χ2n) is 6.41. The van der Waals surface area contributed by atoms with Crippen LogP contribution >= 0.6 is 0 Å². The van der Waals surface area contributed by atoms with E-state index in [1.165, 1.54) is 4.31 Å². The van der Waals surface area contributed by atoms with Crippen LogP contribution in [0.25, 0.3) is 0 Å². The number of hydrogen-bond donors (Lipinski definition) is 0. The molecule has 1 aliphatic heterocycles. The summed E-state index contributed by atoms with van der Waals surface area (Å²) >= 11 is 0. The van der Waals surface area contributed by atoms with Crippen LogP contribution in [0.4, 0.5) is 0 Å². The lowest BCUT2D eigenvalue weighted by Gasteiger charge is -2.38. The molecule has 6 heteroatoms. The van der Waals surface area contributed by atoms with Crippen LogP contribution in [0, 0.1) is 6.92 Å². The minimum absolute atomic E-state index is 0.264. The van der Waals surface area contributed by atoms with Gasteiger partial charge in [0, 0.05) is 5.56 Å². The number of rotatable bonds is 4. The Kier molecular flexibility index (Phi) is 4.96. The number of allylic oxidation sites excluding steroid dienone is 1. The van der Waals surface area contributed by atoms with Crippen molar-refractivity contribution in [2.24, 2.45) is 0 Å². The number of sulfonamides is 1. The summed E-state index contributed by atoms with van der Waals surface area (Å²) in [6, 6.07) is 13.9. The normalized spacial score (nSPS) is 20.3. The number of methoxy groups -OCH3 is 1. The van der Waals surface area contributed by atoms with Crippen molar-refractivity contribution in [1.82, 2.24) is 4.31 Å². The molecule has 2 aromatic rings. The molecule has 5 nitrogen and oxygen atoms in total. The molecule has 0 aliphatic carbocycles. The van der Waals surface area contributed by atoms with Crippen molar-refractivity contribution in [3.05, 3.63) is 71.6 Å². The van der Waals surface area contributed by atoms with Crippen LogP contribution in [-0.2, 0) is 14.8 Å². The smallest absolute Gasteiger partial charge is 0.264 e. The van der Waals surface area contributed by atoms with Gasteiger partial charge in [0.15, 0.2) is 0 Å². The number of para-hydroxylation sites is 1. The minimum atomic E-state index is -3.69. The number of nitrogens with zero attached hydrogens (tertiary/aromatic N) is 1. The van der Waals surface area contributed by atoms with Gasteiger partial charge < -0.3 is 9.47 Å². The third-order valence-corrected chi connectivity index (χ3v) is 6.36. The van der Waals surface area contributed by atoms with Gasteiger partial charge in [-0.1, -0.05) is 35.9 Å². The number of hydrogen-bond acceptors (Lipinski definition) is 4. The zero-order valence-electron chi connectivity index (χ0n) is 15.3. The summed E-state index contributed by atoms with van der Waals surface area (Å²) < 4.78 is 39.2.